The standard InChI is InChI=1S/C20H16INOS/c21-17-13-7-8-14-18(17)22-20(23)19(15-9-3-1-4-10-15)24-16-11-5-2-6-12-16/h1-14,19H,(H,22,23)/t19-/m0/s1. The van der Waals surface area contributed by atoms with Crippen molar-refractivity contribution < 1.29 is 4.79 Å². The molecule has 0 fully saturated rings. The average molecular weight is 445 g/mol. The van der Waals surface area contributed by atoms with E-state index in [4.69, 9.17) is 0 Å². The summed E-state index contributed by atoms with van der Waals surface area (Å²) in [6.07, 6.45) is 0. The highest BCUT2D eigenvalue weighted by atomic mass is 127. The first-order valence-electron chi connectivity index (χ1n) is 7.56. The number of benzene rings is 3. The lowest BCUT2D eigenvalue weighted by atomic mass is 10.1. The number of para-hydroxylation sites is 1. The molecule has 0 spiro atoms. The number of carbonyl (C=O) groups excluding carboxylic acids is 1. The summed E-state index contributed by atoms with van der Waals surface area (Å²) < 4.78 is 1.03. The maximum atomic E-state index is 12.9. The van der Waals surface area contributed by atoms with E-state index >= 15 is 0 Å². The maximum Gasteiger partial charge on any atom is 0.242 e. The summed E-state index contributed by atoms with van der Waals surface area (Å²) in [6.45, 7) is 0. The van der Waals surface area contributed by atoms with Crippen LogP contribution in [0.5, 0.6) is 0 Å². The highest BCUT2D eigenvalue weighted by Gasteiger charge is 2.22. The highest BCUT2D eigenvalue weighted by Crippen LogP contribution is 2.36. The van der Waals surface area contributed by atoms with Gasteiger partial charge in [-0.05, 0) is 52.4 Å². The van der Waals surface area contributed by atoms with Gasteiger partial charge in [0.05, 0.1) is 5.69 Å². The van der Waals surface area contributed by atoms with Gasteiger partial charge in [0.1, 0.15) is 5.25 Å². The average Bonchev–Trinajstić information content (AvgIpc) is 2.63. The quantitative estimate of drug-likeness (QED) is 0.400. The Morgan fingerprint density at radius 2 is 1.42 bits per heavy atom. The van der Waals surface area contributed by atoms with Crippen LogP contribution < -0.4 is 5.32 Å². The predicted octanol–water partition coefficient (Wildman–Crippen LogP) is 5.76. The van der Waals surface area contributed by atoms with Crippen molar-refractivity contribution in [3.63, 3.8) is 0 Å². The van der Waals surface area contributed by atoms with E-state index < -0.39 is 0 Å². The van der Waals surface area contributed by atoms with Gasteiger partial charge >= 0.3 is 0 Å². The Morgan fingerprint density at radius 3 is 2.08 bits per heavy atom. The third-order valence-corrected chi connectivity index (χ3v) is 5.68. The normalized spacial score (nSPS) is 11.7. The lowest BCUT2D eigenvalue weighted by molar-refractivity contribution is -0.115. The number of nitrogens with one attached hydrogen (secondary N) is 1. The third kappa shape index (κ3) is 4.39. The summed E-state index contributed by atoms with van der Waals surface area (Å²) in [6, 6.07) is 27.7. The van der Waals surface area contributed by atoms with Gasteiger partial charge in [0.2, 0.25) is 5.91 Å². The van der Waals surface area contributed by atoms with Gasteiger partial charge in [0.15, 0.2) is 0 Å². The van der Waals surface area contributed by atoms with Crippen molar-refractivity contribution >= 4 is 45.9 Å². The van der Waals surface area contributed by atoms with Gasteiger partial charge in [-0.1, -0.05) is 60.7 Å². The molecule has 4 heteroatoms. The van der Waals surface area contributed by atoms with Crippen LogP contribution in [0.2, 0.25) is 0 Å². The first-order chi connectivity index (χ1) is 11.7. The molecule has 0 heterocycles. The van der Waals surface area contributed by atoms with Crippen molar-refractivity contribution in [2.45, 2.75) is 10.1 Å². The molecule has 3 aromatic rings. The zero-order valence-electron chi connectivity index (χ0n) is 12.9. The summed E-state index contributed by atoms with van der Waals surface area (Å²) in [5, 5.41) is 2.76. The van der Waals surface area contributed by atoms with Crippen LogP contribution in [0.15, 0.2) is 89.8 Å². The molecule has 24 heavy (non-hydrogen) atoms. The topological polar surface area (TPSA) is 29.1 Å². The second-order valence-corrected chi connectivity index (χ2v) is 7.53. The smallest absolute Gasteiger partial charge is 0.242 e. The minimum Gasteiger partial charge on any atom is -0.324 e. The Labute approximate surface area is 159 Å². The number of halogens is 1. The van der Waals surface area contributed by atoms with Crippen molar-refractivity contribution in [3.8, 4) is 0 Å². The minimum absolute atomic E-state index is 0.0147. The fourth-order valence-electron chi connectivity index (χ4n) is 2.30. The van der Waals surface area contributed by atoms with Gasteiger partial charge in [0, 0.05) is 8.47 Å². The molecule has 0 unspecified atom stereocenters. The number of hydrogen-bond donors (Lipinski definition) is 1. The van der Waals surface area contributed by atoms with E-state index in [0.29, 0.717) is 0 Å². The second-order valence-electron chi connectivity index (χ2n) is 5.19. The molecule has 0 aliphatic rings. The first kappa shape index (κ1) is 17.0. The summed E-state index contributed by atoms with van der Waals surface area (Å²) in [5.74, 6) is -0.0147. The molecular formula is C20H16INOS. The Hall–Kier alpha value is -1.79. The Balaban J connectivity index is 1.87. The molecule has 0 aromatic heterocycles. The molecular weight excluding hydrogens is 429 g/mol. The van der Waals surface area contributed by atoms with Crippen LogP contribution >= 0.6 is 34.4 Å². The van der Waals surface area contributed by atoms with E-state index in [1.165, 1.54) is 0 Å². The van der Waals surface area contributed by atoms with Gasteiger partial charge in [0.25, 0.3) is 0 Å². The third-order valence-electron chi connectivity index (χ3n) is 3.47. The van der Waals surface area contributed by atoms with Gasteiger partial charge in [-0.3, -0.25) is 4.79 Å². The van der Waals surface area contributed by atoms with Crippen LogP contribution in [-0.4, -0.2) is 5.91 Å². The number of rotatable bonds is 5. The van der Waals surface area contributed by atoms with Crippen molar-refractivity contribution in [2.75, 3.05) is 5.32 Å². The highest BCUT2D eigenvalue weighted by molar-refractivity contribution is 14.1. The van der Waals surface area contributed by atoms with Gasteiger partial charge in [-0.15, -0.1) is 11.8 Å². The fraction of sp³-hybridized carbons (Fsp3) is 0.0500. The van der Waals surface area contributed by atoms with Gasteiger partial charge in [-0.2, -0.15) is 0 Å². The van der Waals surface area contributed by atoms with Crippen molar-refractivity contribution in [3.05, 3.63) is 94.1 Å². The van der Waals surface area contributed by atoms with E-state index in [-0.39, 0.29) is 11.2 Å². The number of hydrogen-bond acceptors (Lipinski definition) is 2. The number of anilines is 1. The fourth-order valence-corrected chi connectivity index (χ4v) is 3.86. The predicted molar refractivity (Wildman–Crippen MR) is 109 cm³/mol. The van der Waals surface area contributed by atoms with Crippen LogP contribution in [-0.2, 0) is 4.79 Å². The monoisotopic (exact) mass is 445 g/mol. The van der Waals surface area contributed by atoms with E-state index in [0.717, 1.165) is 19.7 Å². The van der Waals surface area contributed by atoms with E-state index in [1.54, 1.807) is 11.8 Å². The molecule has 0 bridgehead atoms. The second kappa shape index (κ2) is 8.35. The molecule has 0 saturated carbocycles. The van der Waals surface area contributed by atoms with E-state index in [9.17, 15) is 4.79 Å². The van der Waals surface area contributed by atoms with Gasteiger partial charge < -0.3 is 5.32 Å². The number of carbonyl (C=O) groups is 1. The van der Waals surface area contributed by atoms with Gasteiger partial charge in [-0.25, -0.2) is 0 Å². The molecule has 1 amide bonds. The lowest BCUT2D eigenvalue weighted by Gasteiger charge is -2.17. The molecule has 1 atom stereocenters. The Bertz CT molecular complexity index is 808. The SMILES string of the molecule is O=C(Nc1ccccc1I)[C@@H](Sc1ccccc1)c1ccccc1. The van der Waals surface area contributed by atoms with Crippen LogP contribution in [0.4, 0.5) is 5.69 Å². The Kier molecular flexibility index (Phi) is 5.93. The largest absolute Gasteiger partial charge is 0.324 e. The van der Waals surface area contributed by atoms with E-state index in [1.807, 2.05) is 84.9 Å². The molecule has 3 aromatic carbocycles. The minimum atomic E-state index is -0.301. The lowest BCUT2D eigenvalue weighted by Crippen LogP contribution is -2.19. The molecule has 1 N–H and O–H groups in total. The maximum absolute atomic E-state index is 12.9. The molecule has 120 valence electrons. The Morgan fingerprint density at radius 1 is 0.833 bits per heavy atom. The summed E-state index contributed by atoms with van der Waals surface area (Å²) in [5.41, 5.74) is 1.84. The van der Waals surface area contributed by atoms with Crippen molar-refractivity contribution in [2.24, 2.45) is 0 Å². The molecule has 0 saturated heterocycles. The van der Waals surface area contributed by atoms with Crippen LogP contribution in [0.25, 0.3) is 0 Å². The van der Waals surface area contributed by atoms with Crippen molar-refractivity contribution in [1.29, 1.82) is 0 Å². The zero-order valence-corrected chi connectivity index (χ0v) is 15.8. The van der Waals surface area contributed by atoms with Crippen molar-refractivity contribution in [1.82, 2.24) is 0 Å². The van der Waals surface area contributed by atoms with Crippen LogP contribution in [0.3, 0.4) is 0 Å². The summed E-state index contributed by atoms with van der Waals surface area (Å²) in [7, 11) is 0. The van der Waals surface area contributed by atoms with Crippen LogP contribution in [0, 0.1) is 3.57 Å². The summed E-state index contributed by atoms with van der Waals surface area (Å²) in [4.78, 5) is 14.0. The molecule has 2 nitrogen and oxygen atoms in total. The molecule has 0 radical (unpaired) electrons. The zero-order chi connectivity index (χ0) is 16.8. The van der Waals surface area contributed by atoms with Crippen LogP contribution in [0.1, 0.15) is 10.8 Å². The molecule has 3 rings (SSSR count). The molecule has 0 aliphatic carbocycles. The molecule has 0 aliphatic heterocycles. The number of amides is 1. The summed E-state index contributed by atoms with van der Waals surface area (Å²) >= 11 is 3.79. The van der Waals surface area contributed by atoms with E-state index in [2.05, 4.69) is 27.9 Å². The number of thioether (sulfide) groups is 1. The first-order valence-corrected chi connectivity index (χ1v) is 9.52.